The second-order valence-electron chi connectivity index (χ2n) is 4.71. The van der Waals surface area contributed by atoms with Gasteiger partial charge in [-0.15, -0.1) is 0 Å². The third kappa shape index (κ3) is 2.03. The average molecular weight is 286 g/mol. The molecule has 21 heavy (non-hydrogen) atoms. The summed E-state index contributed by atoms with van der Waals surface area (Å²) in [6.07, 6.45) is 0. The highest BCUT2D eigenvalue weighted by Gasteiger charge is 2.18. The predicted molar refractivity (Wildman–Crippen MR) is 75.9 cm³/mol. The number of rotatable bonds is 1. The summed E-state index contributed by atoms with van der Waals surface area (Å²) >= 11 is 0. The average Bonchev–Trinajstić information content (AvgIpc) is 2.43. The number of phenols is 2. The molecular formula is C16H11FO4. The Balaban J connectivity index is 2.44. The number of benzene rings is 2. The van der Waals surface area contributed by atoms with Gasteiger partial charge in [0.1, 0.15) is 11.3 Å². The van der Waals surface area contributed by atoms with Crippen molar-refractivity contribution in [3.63, 3.8) is 0 Å². The van der Waals surface area contributed by atoms with E-state index < -0.39 is 17.2 Å². The van der Waals surface area contributed by atoms with Gasteiger partial charge in [0.2, 0.25) is 0 Å². The van der Waals surface area contributed by atoms with Crippen molar-refractivity contribution >= 4 is 11.0 Å². The highest BCUT2D eigenvalue weighted by Crippen LogP contribution is 2.32. The summed E-state index contributed by atoms with van der Waals surface area (Å²) in [5, 5.41) is 19.1. The lowest BCUT2D eigenvalue weighted by Crippen LogP contribution is -2.06. The SMILES string of the molecule is Cc1c(-c2cccc(O)c2)c(=O)oc2ccc(O)c(F)c12. The molecule has 5 heteroatoms. The lowest BCUT2D eigenvalue weighted by atomic mass is 9.99. The third-order valence-electron chi connectivity index (χ3n) is 3.37. The van der Waals surface area contributed by atoms with Crippen LogP contribution < -0.4 is 5.63 Å². The molecular weight excluding hydrogens is 275 g/mol. The first-order valence-electron chi connectivity index (χ1n) is 6.23. The normalized spacial score (nSPS) is 11.0. The van der Waals surface area contributed by atoms with E-state index in [1.165, 1.54) is 18.2 Å². The molecule has 0 unspecified atom stereocenters. The molecule has 0 aliphatic heterocycles. The van der Waals surface area contributed by atoms with Gasteiger partial charge in [0.25, 0.3) is 0 Å². The van der Waals surface area contributed by atoms with E-state index in [0.29, 0.717) is 11.1 Å². The lowest BCUT2D eigenvalue weighted by Gasteiger charge is -2.09. The Labute approximate surface area is 118 Å². The Kier molecular flexibility index (Phi) is 2.90. The van der Waals surface area contributed by atoms with Crippen molar-refractivity contribution in [1.82, 2.24) is 0 Å². The van der Waals surface area contributed by atoms with Crippen molar-refractivity contribution in [3.8, 4) is 22.6 Å². The van der Waals surface area contributed by atoms with Crippen LogP contribution in [-0.4, -0.2) is 10.2 Å². The van der Waals surface area contributed by atoms with Crippen LogP contribution in [0.5, 0.6) is 11.5 Å². The maximum absolute atomic E-state index is 14.1. The number of phenolic OH excluding ortho intramolecular Hbond substituents is 2. The molecule has 0 atom stereocenters. The van der Waals surface area contributed by atoms with Gasteiger partial charge in [-0.25, -0.2) is 9.18 Å². The highest BCUT2D eigenvalue weighted by molar-refractivity contribution is 5.88. The molecule has 1 heterocycles. The number of hydrogen-bond donors (Lipinski definition) is 2. The third-order valence-corrected chi connectivity index (χ3v) is 3.37. The topological polar surface area (TPSA) is 70.7 Å². The first-order chi connectivity index (χ1) is 9.99. The molecule has 0 saturated carbocycles. The fourth-order valence-corrected chi connectivity index (χ4v) is 2.41. The van der Waals surface area contributed by atoms with E-state index in [9.17, 15) is 19.4 Å². The fraction of sp³-hybridized carbons (Fsp3) is 0.0625. The molecule has 0 aliphatic rings. The molecule has 4 nitrogen and oxygen atoms in total. The zero-order valence-corrected chi connectivity index (χ0v) is 11.1. The van der Waals surface area contributed by atoms with Crippen LogP contribution in [0.2, 0.25) is 0 Å². The first kappa shape index (κ1) is 13.2. The summed E-state index contributed by atoms with van der Waals surface area (Å²) < 4.78 is 19.2. The van der Waals surface area contributed by atoms with E-state index in [0.717, 1.165) is 6.07 Å². The van der Waals surface area contributed by atoms with Crippen LogP contribution in [0.1, 0.15) is 5.56 Å². The number of halogens is 1. The quantitative estimate of drug-likeness (QED) is 0.673. The van der Waals surface area contributed by atoms with E-state index in [4.69, 9.17) is 4.42 Å². The highest BCUT2D eigenvalue weighted by atomic mass is 19.1. The molecule has 0 bridgehead atoms. The molecule has 0 amide bonds. The maximum Gasteiger partial charge on any atom is 0.344 e. The molecule has 0 spiro atoms. The second kappa shape index (κ2) is 4.63. The van der Waals surface area contributed by atoms with Crippen molar-refractivity contribution in [2.45, 2.75) is 6.92 Å². The van der Waals surface area contributed by atoms with Gasteiger partial charge in [0, 0.05) is 0 Å². The van der Waals surface area contributed by atoms with E-state index in [2.05, 4.69) is 0 Å². The largest absolute Gasteiger partial charge is 0.508 e. The molecule has 3 aromatic rings. The molecule has 0 aliphatic carbocycles. The van der Waals surface area contributed by atoms with Crippen molar-refractivity contribution in [1.29, 1.82) is 0 Å². The van der Waals surface area contributed by atoms with Crippen molar-refractivity contribution in [2.75, 3.05) is 0 Å². The zero-order chi connectivity index (χ0) is 15.1. The summed E-state index contributed by atoms with van der Waals surface area (Å²) in [5.41, 5.74) is 0.362. The maximum atomic E-state index is 14.1. The van der Waals surface area contributed by atoms with Crippen LogP contribution in [0.15, 0.2) is 45.6 Å². The Bertz CT molecular complexity index is 912. The van der Waals surface area contributed by atoms with Gasteiger partial charge in [-0.05, 0) is 42.3 Å². The Morgan fingerprint density at radius 1 is 1.14 bits per heavy atom. The first-order valence-corrected chi connectivity index (χ1v) is 6.23. The van der Waals surface area contributed by atoms with Crippen LogP contribution >= 0.6 is 0 Å². The van der Waals surface area contributed by atoms with E-state index in [-0.39, 0.29) is 22.3 Å². The van der Waals surface area contributed by atoms with Gasteiger partial charge in [-0.1, -0.05) is 12.1 Å². The number of aromatic hydroxyl groups is 2. The van der Waals surface area contributed by atoms with Gasteiger partial charge in [0.15, 0.2) is 11.6 Å². The second-order valence-corrected chi connectivity index (χ2v) is 4.71. The molecule has 106 valence electrons. The Morgan fingerprint density at radius 3 is 2.62 bits per heavy atom. The van der Waals surface area contributed by atoms with Crippen molar-refractivity contribution in [2.24, 2.45) is 0 Å². The molecule has 3 rings (SSSR count). The number of fused-ring (bicyclic) bond motifs is 1. The van der Waals surface area contributed by atoms with Crippen molar-refractivity contribution in [3.05, 3.63) is 58.2 Å². The zero-order valence-electron chi connectivity index (χ0n) is 11.1. The van der Waals surface area contributed by atoms with Crippen LogP contribution in [0.4, 0.5) is 4.39 Å². The van der Waals surface area contributed by atoms with Crippen LogP contribution in [0, 0.1) is 12.7 Å². The smallest absolute Gasteiger partial charge is 0.344 e. The van der Waals surface area contributed by atoms with E-state index >= 15 is 0 Å². The van der Waals surface area contributed by atoms with E-state index in [1.807, 2.05) is 0 Å². The summed E-state index contributed by atoms with van der Waals surface area (Å²) in [4.78, 5) is 12.1. The van der Waals surface area contributed by atoms with Gasteiger partial charge >= 0.3 is 5.63 Å². The van der Waals surface area contributed by atoms with Gasteiger partial charge in [0.05, 0.1) is 10.9 Å². The minimum Gasteiger partial charge on any atom is -0.508 e. The summed E-state index contributed by atoms with van der Waals surface area (Å²) in [6, 6.07) is 8.53. The minimum atomic E-state index is -0.838. The number of aryl methyl sites for hydroxylation is 1. The Morgan fingerprint density at radius 2 is 1.90 bits per heavy atom. The lowest BCUT2D eigenvalue weighted by molar-refractivity contribution is 0.434. The molecule has 0 radical (unpaired) electrons. The molecule has 2 N–H and O–H groups in total. The fourth-order valence-electron chi connectivity index (χ4n) is 2.41. The molecule has 2 aromatic carbocycles. The Hall–Kier alpha value is -2.82. The van der Waals surface area contributed by atoms with Crippen molar-refractivity contribution < 1.29 is 19.0 Å². The molecule has 0 saturated heterocycles. The minimum absolute atomic E-state index is 0.0113. The van der Waals surface area contributed by atoms with E-state index in [1.54, 1.807) is 19.1 Å². The summed E-state index contributed by atoms with van der Waals surface area (Å²) in [6.45, 7) is 1.57. The van der Waals surface area contributed by atoms with Crippen LogP contribution in [-0.2, 0) is 0 Å². The van der Waals surface area contributed by atoms with Gasteiger partial charge in [-0.2, -0.15) is 0 Å². The molecule has 0 fully saturated rings. The number of hydrogen-bond acceptors (Lipinski definition) is 4. The standard InChI is InChI=1S/C16H11FO4/c1-8-13(9-3-2-4-10(18)7-9)16(20)21-12-6-5-11(19)15(17)14(8)12/h2-7,18-19H,1H3. The monoisotopic (exact) mass is 286 g/mol. The molecule has 1 aromatic heterocycles. The summed E-state index contributed by atoms with van der Waals surface area (Å²) in [7, 11) is 0. The van der Waals surface area contributed by atoms with Crippen LogP contribution in [0.25, 0.3) is 22.1 Å². The van der Waals surface area contributed by atoms with Gasteiger partial charge < -0.3 is 14.6 Å². The summed E-state index contributed by atoms with van der Waals surface area (Å²) in [5.74, 6) is -1.36. The van der Waals surface area contributed by atoms with Gasteiger partial charge in [-0.3, -0.25) is 0 Å². The van der Waals surface area contributed by atoms with Crippen LogP contribution in [0.3, 0.4) is 0 Å². The predicted octanol–water partition coefficient (Wildman–Crippen LogP) is 3.32.